The van der Waals surface area contributed by atoms with Crippen LogP contribution in [-0.4, -0.2) is 0 Å². The number of hydrogen-bond donors (Lipinski definition) is 0. The molecule has 0 fully saturated rings. The average molecular weight is 246 g/mol. The van der Waals surface area contributed by atoms with Crippen LogP contribution in [0.3, 0.4) is 0 Å². The maximum atomic E-state index is 2.47. The van der Waals surface area contributed by atoms with Crippen LogP contribution in [0.25, 0.3) is 5.57 Å². The van der Waals surface area contributed by atoms with Crippen molar-refractivity contribution >= 4 is 5.57 Å². The Bertz CT molecular complexity index is 675. The number of rotatable bonds is 1. The van der Waals surface area contributed by atoms with Gasteiger partial charge in [0.2, 0.25) is 0 Å². The highest BCUT2D eigenvalue weighted by Gasteiger charge is 2.23. The molecule has 0 heteroatoms. The molecule has 0 atom stereocenters. The lowest BCUT2D eigenvalue weighted by atomic mass is 9.95. The molecule has 0 saturated heterocycles. The second kappa shape index (κ2) is 4.09. The van der Waals surface area contributed by atoms with Crippen LogP contribution in [0.4, 0.5) is 0 Å². The van der Waals surface area contributed by atoms with E-state index in [0.29, 0.717) is 0 Å². The van der Waals surface area contributed by atoms with Crippen LogP contribution < -0.4 is 0 Å². The van der Waals surface area contributed by atoms with Crippen molar-refractivity contribution < 1.29 is 0 Å². The largest absolute Gasteiger partial charge is 0.0622 e. The van der Waals surface area contributed by atoms with Gasteiger partial charge in [-0.3, -0.25) is 0 Å². The summed E-state index contributed by atoms with van der Waals surface area (Å²) in [7, 11) is 0. The zero-order chi connectivity index (χ0) is 12.8. The first-order valence-corrected chi connectivity index (χ1v) is 7.23. The zero-order valence-corrected chi connectivity index (χ0v) is 11.4. The number of aryl methyl sites for hydroxylation is 2. The third kappa shape index (κ3) is 1.67. The number of allylic oxidation sites excluding steroid dienone is 1. The summed E-state index contributed by atoms with van der Waals surface area (Å²) in [6.45, 7) is 2.29. The van der Waals surface area contributed by atoms with Gasteiger partial charge in [0.25, 0.3) is 0 Å². The number of fused-ring (bicyclic) bond motifs is 2. The highest BCUT2D eigenvalue weighted by Crippen LogP contribution is 2.40. The standard InChI is InChI=1S/C19H18/c1-13-10-17-11-15-8-5-9-16(15)12-18(17)19(13)14-6-3-2-4-7-14/h2-4,6-7,11-12H,5,8-10H2,1H3. The maximum absolute atomic E-state index is 2.47. The van der Waals surface area contributed by atoms with E-state index < -0.39 is 0 Å². The molecule has 0 aromatic heterocycles. The molecule has 2 aromatic rings. The first-order valence-electron chi connectivity index (χ1n) is 7.23. The molecule has 0 saturated carbocycles. The third-order valence-electron chi connectivity index (χ3n) is 4.53. The molecular formula is C19H18. The molecular weight excluding hydrogens is 228 g/mol. The van der Waals surface area contributed by atoms with Crippen LogP contribution in [0, 0.1) is 0 Å². The smallest absolute Gasteiger partial charge is 0.00542 e. The molecule has 4 rings (SSSR count). The molecule has 0 radical (unpaired) electrons. The van der Waals surface area contributed by atoms with E-state index in [2.05, 4.69) is 49.4 Å². The van der Waals surface area contributed by atoms with Gasteiger partial charge in [-0.25, -0.2) is 0 Å². The van der Waals surface area contributed by atoms with E-state index >= 15 is 0 Å². The summed E-state index contributed by atoms with van der Waals surface area (Å²) in [5.41, 5.74) is 10.6. The second-order valence-corrected chi connectivity index (χ2v) is 5.83. The van der Waals surface area contributed by atoms with E-state index in [1.165, 1.54) is 47.1 Å². The summed E-state index contributed by atoms with van der Waals surface area (Å²) in [5, 5.41) is 0. The number of hydrogen-bond acceptors (Lipinski definition) is 0. The predicted octanol–water partition coefficient (Wildman–Crippen LogP) is 4.55. The summed E-state index contributed by atoms with van der Waals surface area (Å²) in [5.74, 6) is 0. The fourth-order valence-corrected chi connectivity index (χ4v) is 3.66. The van der Waals surface area contributed by atoms with Crippen molar-refractivity contribution in [2.24, 2.45) is 0 Å². The van der Waals surface area contributed by atoms with Gasteiger partial charge in [0.05, 0.1) is 0 Å². The average Bonchev–Trinajstić information content (AvgIpc) is 2.99. The quantitative estimate of drug-likeness (QED) is 0.692. The minimum absolute atomic E-state index is 1.13. The van der Waals surface area contributed by atoms with E-state index in [-0.39, 0.29) is 0 Å². The van der Waals surface area contributed by atoms with Crippen LogP contribution in [0.5, 0.6) is 0 Å². The van der Waals surface area contributed by atoms with Crippen LogP contribution in [0.2, 0.25) is 0 Å². The Morgan fingerprint density at radius 3 is 2.37 bits per heavy atom. The topological polar surface area (TPSA) is 0 Å². The van der Waals surface area contributed by atoms with Gasteiger partial charge in [-0.1, -0.05) is 48.0 Å². The van der Waals surface area contributed by atoms with Crippen molar-refractivity contribution in [2.75, 3.05) is 0 Å². The maximum Gasteiger partial charge on any atom is -0.00542 e. The Labute approximate surface area is 114 Å². The fraction of sp³-hybridized carbons (Fsp3) is 0.263. The first-order chi connectivity index (χ1) is 9.33. The normalized spacial score (nSPS) is 16.7. The lowest BCUT2D eigenvalue weighted by Gasteiger charge is -2.09. The van der Waals surface area contributed by atoms with Gasteiger partial charge in [-0.15, -0.1) is 0 Å². The van der Waals surface area contributed by atoms with Gasteiger partial charge in [0, 0.05) is 0 Å². The summed E-state index contributed by atoms with van der Waals surface area (Å²) in [6.07, 6.45) is 5.01. The lowest BCUT2D eigenvalue weighted by molar-refractivity contribution is 0.911. The highest BCUT2D eigenvalue weighted by atomic mass is 14.3. The Morgan fingerprint density at radius 2 is 1.58 bits per heavy atom. The van der Waals surface area contributed by atoms with Gasteiger partial charge in [0.15, 0.2) is 0 Å². The number of benzene rings is 2. The van der Waals surface area contributed by atoms with E-state index in [0.717, 1.165) is 6.42 Å². The summed E-state index contributed by atoms with van der Waals surface area (Å²) in [6, 6.07) is 15.8. The van der Waals surface area contributed by atoms with E-state index in [9.17, 15) is 0 Å². The summed E-state index contributed by atoms with van der Waals surface area (Å²) in [4.78, 5) is 0. The van der Waals surface area contributed by atoms with Crippen LogP contribution in [0.15, 0.2) is 48.0 Å². The van der Waals surface area contributed by atoms with Crippen molar-refractivity contribution in [1.82, 2.24) is 0 Å². The van der Waals surface area contributed by atoms with Crippen molar-refractivity contribution in [3.8, 4) is 0 Å². The van der Waals surface area contributed by atoms with Gasteiger partial charge in [-0.05, 0) is 66.0 Å². The van der Waals surface area contributed by atoms with Crippen molar-refractivity contribution in [1.29, 1.82) is 0 Å². The monoisotopic (exact) mass is 246 g/mol. The molecule has 0 unspecified atom stereocenters. The minimum atomic E-state index is 1.13. The molecule has 0 bridgehead atoms. The Balaban J connectivity index is 1.90. The molecule has 0 aliphatic heterocycles. The van der Waals surface area contributed by atoms with Crippen molar-refractivity contribution in [3.05, 3.63) is 75.9 Å². The highest BCUT2D eigenvalue weighted by molar-refractivity contribution is 5.87. The summed E-state index contributed by atoms with van der Waals surface area (Å²) >= 11 is 0. The Hall–Kier alpha value is -1.82. The molecule has 0 spiro atoms. The molecule has 0 N–H and O–H groups in total. The molecule has 0 amide bonds. The molecule has 2 aliphatic rings. The molecule has 2 aliphatic carbocycles. The minimum Gasteiger partial charge on any atom is -0.0622 e. The SMILES string of the molecule is CC1=C(c2ccccc2)c2cc3c(cc2C1)CCC3. The van der Waals surface area contributed by atoms with Crippen LogP contribution in [-0.2, 0) is 19.3 Å². The van der Waals surface area contributed by atoms with E-state index in [1.54, 1.807) is 11.1 Å². The third-order valence-corrected chi connectivity index (χ3v) is 4.53. The van der Waals surface area contributed by atoms with Crippen LogP contribution in [0.1, 0.15) is 41.2 Å². The van der Waals surface area contributed by atoms with Gasteiger partial charge in [-0.2, -0.15) is 0 Å². The lowest BCUT2D eigenvalue weighted by Crippen LogP contribution is -1.92. The van der Waals surface area contributed by atoms with Gasteiger partial charge < -0.3 is 0 Å². The Morgan fingerprint density at radius 1 is 0.842 bits per heavy atom. The second-order valence-electron chi connectivity index (χ2n) is 5.83. The van der Waals surface area contributed by atoms with E-state index in [4.69, 9.17) is 0 Å². The Kier molecular flexibility index (Phi) is 2.38. The molecule has 0 nitrogen and oxygen atoms in total. The molecule has 19 heavy (non-hydrogen) atoms. The molecule has 2 aromatic carbocycles. The summed E-state index contributed by atoms with van der Waals surface area (Å²) < 4.78 is 0. The van der Waals surface area contributed by atoms with Crippen molar-refractivity contribution in [2.45, 2.75) is 32.6 Å². The molecule has 0 heterocycles. The first kappa shape index (κ1) is 11.0. The van der Waals surface area contributed by atoms with E-state index in [1.807, 2.05) is 0 Å². The van der Waals surface area contributed by atoms with Gasteiger partial charge >= 0.3 is 0 Å². The fourth-order valence-electron chi connectivity index (χ4n) is 3.66. The van der Waals surface area contributed by atoms with Gasteiger partial charge in [0.1, 0.15) is 0 Å². The molecule has 94 valence electrons. The van der Waals surface area contributed by atoms with Crippen molar-refractivity contribution in [3.63, 3.8) is 0 Å². The predicted molar refractivity (Wildman–Crippen MR) is 80.3 cm³/mol. The zero-order valence-electron chi connectivity index (χ0n) is 11.4. The van der Waals surface area contributed by atoms with Crippen LogP contribution >= 0.6 is 0 Å².